The number of halogens is 1. The zero-order chi connectivity index (χ0) is 11.5. The Morgan fingerprint density at radius 3 is 2.94 bits per heavy atom. The molecule has 0 unspecified atom stereocenters. The van der Waals surface area contributed by atoms with Gasteiger partial charge in [-0.05, 0) is 36.2 Å². The Bertz CT molecular complexity index is 501. The zero-order valence-electron chi connectivity index (χ0n) is 8.48. The minimum Gasteiger partial charge on any atom is -0.392 e. The molecule has 1 heterocycles. The predicted octanol–water partition coefficient (Wildman–Crippen LogP) is 3.14. The molecule has 1 N–H and O–H groups in total. The van der Waals surface area contributed by atoms with E-state index in [0.717, 1.165) is 20.6 Å². The molecule has 0 spiro atoms. The Morgan fingerprint density at radius 1 is 1.50 bits per heavy atom. The zero-order valence-corrected chi connectivity index (χ0v) is 10.9. The first-order chi connectivity index (χ1) is 7.69. The predicted molar refractivity (Wildman–Crippen MR) is 66.1 cm³/mol. The molecule has 6 heteroatoms. The van der Waals surface area contributed by atoms with Crippen LogP contribution in [0.1, 0.15) is 11.4 Å². The monoisotopic (exact) mass is 272 g/mol. The van der Waals surface area contributed by atoms with Gasteiger partial charge in [-0.3, -0.25) is 0 Å². The van der Waals surface area contributed by atoms with E-state index >= 15 is 0 Å². The number of aliphatic hydroxyl groups excluding tert-OH is 1. The number of hydrogen-bond acceptors (Lipinski definition) is 5. The lowest BCUT2D eigenvalue weighted by Crippen LogP contribution is -1.87. The van der Waals surface area contributed by atoms with Gasteiger partial charge in [0, 0.05) is 9.92 Å². The van der Waals surface area contributed by atoms with E-state index in [-0.39, 0.29) is 6.61 Å². The van der Waals surface area contributed by atoms with Crippen LogP contribution in [0.2, 0.25) is 5.02 Å². The highest BCUT2D eigenvalue weighted by Crippen LogP contribution is 2.33. The van der Waals surface area contributed by atoms with Crippen LogP contribution in [-0.4, -0.2) is 14.5 Å². The summed E-state index contributed by atoms with van der Waals surface area (Å²) in [5.41, 5.74) is 0.849. The van der Waals surface area contributed by atoms with Crippen molar-refractivity contribution in [2.75, 3.05) is 0 Å². The van der Waals surface area contributed by atoms with Crippen LogP contribution in [0.15, 0.2) is 27.4 Å². The molecule has 0 saturated carbocycles. The van der Waals surface area contributed by atoms with Gasteiger partial charge in [-0.2, -0.15) is 4.37 Å². The topological polar surface area (TPSA) is 46.0 Å². The fourth-order valence-corrected chi connectivity index (χ4v) is 3.17. The highest BCUT2D eigenvalue weighted by atomic mass is 35.5. The van der Waals surface area contributed by atoms with Crippen molar-refractivity contribution in [2.45, 2.75) is 22.8 Å². The van der Waals surface area contributed by atoms with Crippen molar-refractivity contribution in [1.29, 1.82) is 0 Å². The summed E-state index contributed by atoms with van der Waals surface area (Å²) in [6, 6.07) is 5.41. The van der Waals surface area contributed by atoms with E-state index in [0.29, 0.717) is 5.02 Å². The Labute approximate surface area is 107 Å². The number of benzene rings is 1. The first-order valence-electron chi connectivity index (χ1n) is 4.56. The highest BCUT2D eigenvalue weighted by molar-refractivity contribution is 8.01. The van der Waals surface area contributed by atoms with Gasteiger partial charge in [-0.15, -0.1) is 0 Å². The molecule has 2 aromatic rings. The van der Waals surface area contributed by atoms with Gasteiger partial charge in [0.15, 0.2) is 4.34 Å². The lowest BCUT2D eigenvalue weighted by Gasteiger charge is -2.04. The van der Waals surface area contributed by atoms with E-state index in [1.807, 2.05) is 19.1 Å². The van der Waals surface area contributed by atoms with E-state index in [9.17, 15) is 5.11 Å². The van der Waals surface area contributed by atoms with Crippen molar-refractivity contribution in [1.82, 2.24) is 9.36 Å². The molecule has 1 aromatic heterocycles. The van der Waals surface area contributed by atoms with E-state index in [1.54, 1.807) is 6.07 Å². The molecule has 0 aliphatic heterocycles. The number of nitrogens with zero attached hydrogens (tertiary/aromatic N) is 2. The lowest BCUT2D eigenvalue weighted by atomic mass is 10.2. The number of aliphatic hydroxyl groups is 1. The molecule has 1 aromatic carbocycles. The van der Waals surface area contributed by atoms with Gasteiger partial charge in [-0.25, -0.2) is 4.98 Å². The Kier molecular flexibility index (Phi) is 3.81. The molecular formula is C10H9ClN2OS2. The fraction of sp³-hybridized carbons (Fsp3) is 0.200. The summed E-state index contributed by atoms with van der Waals surface area (Å²) in [7, 11) is 0. The minimum atomic E-state index is -0.00269. The molecule has 84 valence electrons. The summed E-state index contributed by atoms with van der Waals surface area (Å²) in [6.45, 7) is 1.85. The van der Waals surface area contributed by atoms with E-state index in [4.69, 9.17) is 11.6 Å². The van der Waals surface area contributed by atoms with Crippen LogP contribution < -0.4 is 0 Å². The number of rotatable bonds is 3. The molecule has 0 atom stereocenters. The molecule has 0 aliphatic carbocycles. The number of aromatic nitrogens is 2. The average molecular weight is 273 g/mol. The summed E-state index contributed by atoms with van der Waals surface area (Å²) >= 11 is 8.74. The number of aryl methyl sites for hydroxylation is 1. The molecule has 0 fully saturated rings. The molecule has 0 saturated heterocycles. The van der Waals surface area contributed by atoms with Gasteiger partial charge in [0.05, 0.1) is 6.61 Å². The first-order valence-corrected chi connectivity index (χ1v) is 6.53. The second-order valence-corrected chi connectivity index (χ2v) is 5.60. The fourth-order valence-electron chi connectivity index (χ4n) is 1.17. The van der Waals surface area contributed by atoms with Crippen molar-refractivity contribution in [3.63, 3.8) is 0 Å². The molecule has 0 aliphatic rings. The third-order valence-electron chi connectivity index (χ3n) is 1.91. The standard InChI is InChI=1S/C10H9ClN2OS2/c1-6-12-10(16-13-6)15-9-4-8(11)3-2-7(9)5-14/h2-4,14H,5H2,1H3. The van der Waals surface area contributed by atoms with Crippen molar-refractivity contribution in [3.05, 3.63) is 34.6 Å². The number of hydrogen-bond donors (Lipinski definition) is 1. The van der Waals surface area contributed by atoms with Crippen molar-refractivity contribution < 1.29 is 5.11 Å². The minimum absolute atomic E-state index is 0.00269. The Hall–Kier alpha value is -0.620. The molecular weight excluding hydrogens is 264 g/mol. The largest absolute Gasteiger partial charge is 0.392 e. The quantitative estimate of drug-likeness (QED) is 0.932. The van der Waals surface area contributed by atoms with Gasteiger partial charge < -0.3 is 5.11 Å². The SMILES string of the molecule is Cc1nsc(Sc2cc(Cl)ccc2CO)n1. The van der Waals surface area contributed by atoms with Crippen molar-refractivity contribution in [2.24, 2.45) is 0 Å². The Morgan fingerprint density at radius 2 is 2.31 bits per heavy atom. The maximum Gasteiger partial charge on any atom is 0.174 e. The third-order valence-corrected chi connectivity index (χ3v) is 4.08. The van der Waals surface area contributed by atoms with Crippen LogP contribution in [0.5, 0.6) is 0 Å². The van der Waals surface area contributed by atoms with Crippen molar-refractivity contribution >= 4 is 34.9 Å². The normalized spacial score (nSPS) is 10.7. The lowest BCUT2D eigenvalue weighted by molar-refractivity contribution is 0.279. The summed E-state index contributed by atoms with van der Waals surface area (Å²) in [5.74, 6) is 0.764. The smallest absolute Gasteiger partial charge is 0.174 e. The van der Waals surface area contributed by atoms with E-state index in [1.165, 1.54) is 23.3 Å². The van der Waals surface area contributed by atoms with Gasteiger partial charge in [0.25, 0.3) is 0 Å². The molecule has 2 rings (SSSR count). The Balaban J connectivity index is 2.29. The second kappa shape index (κ2) is 5.14. The average Bonchev–Trinajstić information content (AvgIpc) is 2.64. The summed E-state index contributed by atoms with van der Waals surface area (Å²) in [6.07, 6.45) is 0. The molecule has 16 heavy (non-hydrogen) atoms. The summed E-state index contributed by atoms with van der Waals surface area (Å²) in [4.78, 5) is 5.18. The van der Waals surface area contributed by atoms with Crippen LogP contribution in [-0.2, 0) is 6.61 Å². The van der Waals surface area contributed by atoms with Crippen LogP contribution >= 0.6 is 34.9 Å². The van der Waals surface area contributed by atoms with Crippen molar-refractivity contribution in [3.8, 4) is 0 Å². The van der Waals surface area contributed by atoms with Crippen LogP contribution in [0.4, 0.5) is 0 Å². The third kappa shape index (κ3) is 2.74. The van der Waals surface area contributed by atoms with Gasteiger partial charge in [-0.1, -0.05) is 29.4 Å². The first kappa shape index (κ1) is 11.9. The molecule has 0 radical (unpaired) electrons. The summed E-state index contributed by atoms with van der Waals surface area (Å²) in [5, 5.41) is 9.86. The van der Waals surface area contributed by atoms with Gasteiger partial charge in [0.1, 0.15) is 5.82 Å². The second-order valence-electron chi connectivity index (χ2n) is 3.12. The van der Waals surface area contributed by atoms with Gasteiger partial charge >= 0.3 is 0 Å². The summed E-state index contributed by atoms with van der Waals surface area (Å²) < 4.78 is 4.96. The molecule has 3 nitrogen and oxygen atoms in total. The van der Waals surface area contributed by atoms with Crippen LogP contribution in [0.3, 0.4) is 0 Å². The maximum absolute atomic E-state index is 9.20. The van der Waals surface area contributed by atoms with Crippen LogP contribution in [0.25, 0.3) is 0 Å². The van der Waals surface area contributed by atoms with E-state index < -0.39 is 0 Å². The molecule has 0 bridgehead atoms. The van der Waals surface area contributed by atoms with Crippen LogP contribution in [0, 0.1) is 6.92 Å². The van der Waals surface area contributed by atoms with Gasteiger partial charge in [0.2, 0.25) is 0 Å². The maximum atomic E-state index is 9.20. The van der Waals surface area contributed by atoms with E-state index in [2.05, 4.69) is 9.36 Å². The highest BCUT2D eigenvalue weighted by Gasteiger charge is 2.08. The molecule has 0 amide bonds.